The molecule has 0 fully saturated rings. The van der Waals surface area contributed by atoms with Gasteiger partial charge in [-0.15, -0.1) is 0 Å². The molecule has 2 N–H and O–H groups in total. The highest BCUT2D eigenvalue weighted by Gasteiger charge is 2.31. The van der Waals surface area contributed by atoms with Gasteiger partial charge in [-0.05, 0) is 48.9 Å². The fourth-order valence-corrected chi connectivity index (χ4v) is 3.79. The molecule has 3 rings (SSSR count). The largest absolute Gasteiger partial charge is 0.361 e. The third-order valence-corrected chi connectivity index (χ3v) is 5.15. The average Bonchev–Trinajstić information content (AvgIpc) is 2.92. The molecule has 21 heavy (non-hydrogen) atoms. The fraction of sp³-hybridized carbons (Fsp3) is 0.579. The lowest BCUT2D eigenvalue weighted by molar-refractivity contribution is 0.355. The van der Waals surface area contributed by atoms with Gasteiger partial charge in [0.1, 0.15) is 0 Å². The summed E-state index contributed by atoms with van der Waals surface area (Å²) in [5.74, 6) is 1.44. The summed E-state index contributed by atoms with van der Waals surface area (Å²) in [7, 11) is 0. The van der Waals surface area contributed by atoms with Crippen LogP contribution < -0.4 is 5.32 Å². The third kappa shape index (κ3) is 2.74. The topological polar surface area (TPSA) is 27.8 Å². The van der Waals surface area contributed by atoms with E-state index in [2.05, 4.69) is 55.5 Å². The van der Waals surface area contributed by atoms with E-state index in [1.807, 2.05) is 0 Å². The lowest BCUT2D eigenvalue weighted by Gasteiger charge is -2.34. The van der Waals surface area contributed by atoms with Gasteiger partial charge in [0.25, 0.3) is 0 Å². The summed E-state index contributed by atoms with van der Waals surface area (Å²) in [5, 5.41) is 5.31. The molecule has 1 heterocycles. The monoisotopic (exact) mass is 284 g/mol. The first-order valence-electron chi connectivity index (χ1n) is 8.56. The van der Waals surface area contributed by atoms with Crippen LogP contribution in [-0.4, -0.2) is 17.6 Å². The number of aromatic nitrogens is 1. The van der Waals surface area contributed by atoms with Gasteiger partial charge in [0.15, 0.2) is 0 Å². The Morgan fingerprint density at radius 2 is 2.19 bits per heavy atom. The van der Waals surface area contributed by atoms with Gasteiger partial charge in [0.05, 0.1) is 0 Å². The van der Waals surface area contributed by atoms with Crippen LogP contribution in [0.1, 0.15) is 57.1 Å². The molecule has 1 aliphatic carbocycles. The Bertz CT molecular complexity index is 599. The van der Waals surface area contributed by atoms with E-state index in [1.165, 1.54) is 35.7 Å². The summed E-state index contributed by atoms with van der Waals surface area (Å²) in [6.07, 6.45) is 7.15. The Morgan fingerprint density at radius 1 is 1.33 bits per heavy atom. The van der Waals surface area contributed by atoms with Crippen molar-refractivity contribution in [2.45, 2.75) is 58.4 Å². The molecular weight excluding hydrogens is 256 g/mol. The van der Waals surface area contributed by atoms with E-state index in [-0.39, 0.29) is 0 Å². The van der Waals surface area contributed by atoms with Gasteiger partial charge in [-0.25, -0.2) is 0 Å². The second-order valence-corrected chi connectivity index (χ2v) is 6.70. The van der Waals surface area contributed by atoms with E-state index < -0.39 is 0 Å². The quantitative estimate of drug-likeness (QED) is 0.796. The van der Waals surface area contributed by atoms with Crippen LogP contribution in [0.15, 0.2) is 24.4 Å². The van der Waals surface area contributed by atoms with Crippen LogP contribution in [0, 0.1) is 5.92 Å². The van der Waals surface area contributed by atoms with Crippen molar-refractivity contribution in [2.75, 3.05) is 6.54 Å². The Morgan fingerprint density at radius 3 is 2.95 bits per heavy atom. The molecular formula is C19H28N2. The summed E-state index contributed by atoms with van der Waals surface area (Å²) in [6, 6.07) is 7.37. The first-order chi connectivity index (χ1) is 10.2. The van der Waals surface area contributed by atoms with E-state index in [4.69, 9.17) is 0 Å². The van der Waals surface area contributed by atoms with Crippen LogP contribution in [0.4, 0.5) is 0 Å². The highest BCUT2D eigenvalue weighted by atomic mass is 14.9. The van der Waals surface area contributed by atoms with E-state index >= 15 is 0 Å². The van der Waals surface area contributed by atoms with Crippen molar-refractivity contribution in [3.63, 3.8) is 0 Å². The maximum absolute atomic E-state index is 3.81. The van der Waals surface area contributed by atoms with Crippen molar-refractivity contribution in [1.82, 2.24) is 10.3 Å². The average molecular weight is 284 g/mol. The van der Waals surface area contributed by atoms with E-state index in [9.17, 15) is 0 Å². The number of H-pyrrole nitrogens is 1. The van der Waals surface area contributed by atoms with Crippen molar-refractivity contribution in [1.29, 1.82) is 0 Å². The van der Waals surface area contributed by atoms with Gasteiger partial charge in [0.2, 0.25) is 0 Å². The summed E-state index contributed by atoms with van der Waals surface area (Å²) < 4.78 is 0. The van der Waals surface area contributed by atoms with Crippen LogP contribution >= 0.6 is 0 Å². The zero-order valence-corrected chi connectivity index (χ0v) is 13.6. The van der Waals surface area contributed by atoms with Crippen molar-refractivity contribution in [3.05, 3.63) is 35.5 Å². The van der Waals surface area contributed by atoms with Crippen molar-refractivity contribution in [3.8, 4) is 0 Å². The number of hydrogen-bond acceptors (Lipinski definition) is 1. The summed E-state index contributed by atoms with van der Waals surface area (Å²) in [6.45, 7) is 8.08. The van der Waals surface area contributed by atoms with Crippen molar-refractivity contribution < 1.29 is 0 Å². The van der Waals surface area contributed by atoms with E-state index in [1.54, 1.807) is 5.56 Å². The maximum Gasteiger partial charge on any atom is 0.0459 e. The molecule has 2 heteroatoms. The van der Waals surface area contributed by atoms with Gasteiger partial charge in [0, 0.05) is 29.1 Å². The number of nitrogens with one attached hydrogen (secondary N) is 2. The zero-order chi connectivity index (χ0) is 14.8. The molecule has 0 aliphatic heterocycles. The minimum absolute atomic E-state index is 0.591. The van der Waals surface area contributed by atoms with Crippen LogP contribution in [0.3, 0.4) is 0 Å². The highest BCUT2D eigenvalue weighted by Crippen LogP contribution is 2.40. The van der Waals surface area contributed by atoms with Crippen molar-refractivity contribution >= 4 is 10.9 Å². The molecule has 2 nitrogen and oxygen atoms in total. The van der Waals surface area contributed by atoms with Gasteiger partial charge in [-0.1, -0.05) is 39.3 Å². The molecule has 3 unspecified atom stereocenters. The number of hydrogen-bond donors (Lipinski definition) is 2. The normalized spacial score (nSPS) is 22.6. The van der Waals surface area contributed by atoms with Crippen LogP contribution in [0.25, 0.3) is 10.9 Å². The van der Waals surface area contributed by atoms with Crippen molar-refractivity contribution in [2.24, 2.45) is 5.92 Å². The molecule has 0 radical (unpaired) electrons. The molecule has 3 atom stereocenters. The molecule has 0 bridgehead atoms. The molecule has 0 saturated heterocycles. The standard InChI is InChI=1S/C19H28N2/c1-4-9-20-18-11-14-12-21-17-8-6-7-15(19(14)17)16(18)10-13(3)5-2/h6-8,12-13,16,18,20-21H,4-5,9-11H2,1-3H3. The molecule has 0 spiro atoms. The lowest BCUT2D eigenvalue weighted by Crippen LogP contribution is -2.39. The molecule has 1 aromatic carbocycles. The lowest BCUT2D eigenvalue weighted by atomic mass is 9.75. The number of rotatable bonds is 6. The van der Waals surface area contributed by atoms with E-state index in [0.29, 0.717) is 12.0 Å². The minimum Gasteiger partial charge on any atom is -0.361 e. The first kappa shape index (κ1) is 14.6. The van der Waals surface area contributed by atoms with Crippen LogP contribution in [0.5, 0.6) is 0 Å². The molecule has 1 aromatic heterocycles. The molecule has 2 aromatic rings. The number of aromatic amines is 1. The summed E-state index contributed by atoms with van der Waals surface area (Å²) in [4.78, 5) is 3.46. The molecule has 114 valence electrons. The van der Waals surface area contributed by atoms with Crippen LogP contribution in [0.2, 0.25) is 0 Å². The third-order valence-electron chi connectivity index (χ3n) is 5.15. The van der Waals surface area contributed by atoms with E-state index in [0.717, 1.165) is 18.9 Å². The van der Waals surface area contributed by atoms with Gasteiger partial charge in [-0.3, -0.25) is 0 Å². The second-order valence-electron chi connectivity index (χ2n) is 6.70. The summed E-state index contributed by atoms with van der Waals surface area (Å²) >= 11 is 0. The number of benzene rings is 1. The smallest absolute Gasteiger partial charge is 0.0459 e. The first-order valence-corrected chi connectivity index (χ1v) is 8.56. The zero-order valence-electron chi connectivity index (χ0n) is 13.6. The van der Waals surface area contributed by atoms with Crippen LogP contribution in [-0.2, 0) is 6.42 Å². The Kier molecular flexibility index (Phi) is 4.34. The van der Waals surface area contributed by atoms with Gasteiger partial charge in [-0.2, -0.15) is 0 Å². The van der Waals surface area contributed by atoms with Gasteiger partial charge < -0.3 is 10.3 Å². The minimum atomic E-state index is 0.591. The highest BCUT2D eigenvalue weighted by molar-refractivity contribution is 5.88. The predicted octanol–water partition coefficient (Wildman–Crippen LogP) is 4.61. The Hall–Kier alpha value is -1.28. The Balaban J connectivity index is 1.98. The molecule has 0 saturated carbocycles. The maximum atomic E-state index is 3.81. The molecule has 1 aliphatic rings. The Labute approximate surface area is 128 Å². The second kappa shape index (κ2) is 6.23. The van der Waals surface area contributed by atoms with Gasteiger partial charge >= 0.3 is 0 Å². The fourth-order valence-electron chi connectivity index (χ4n) is 3.79. The summed E-state index contributed by atoms with van der Waals surface area (Å²) in [5.41, 5.74) is 4.36. The predicted molar refractivity (Wildman–Crippen MR) is 90.9 cm³/mol. The molecule has 0 amide bonds. The SMILES string of the molecule is CCCNC1Cc2c[nH]c3cccc(c23)C1CC(C)CC.